The molecule has 4 heterocycles. The van der Waals surface area contributed by atoms with E-state index in [1.54, 1.807) is 19.3 Å². The molecule has 8 N–H and O–H groups in total. The lowest BCUT2D eigenvalue weighted by Crippen LogP contribution is -2.76. The van der Waals surface area contributed by atoms with Crippen LogP contribution < -0.4 is 32.2 Å². The van der Waals surface area contributed by atoms with Crippen molar-refractivity contribution in [1.82, 2.24) is 21.0 Å². The van der Waals surface area contributed by atoms with Gasteiger partial charge in [0.2, 0.25) is 0 Å². The summed E-state index contributed by atoms with van der Waals surface area (Å²) in [5, 5.41) is 16.0. The van der Waals surface area contributed by atoms with Crippen LogP contribution in [0.15, 0.2) is 39.5 Å². The van der Waals surface area contributed by atoms with E-state index in [1.807, 2.05) is 25.1 Å². The van der Waals surface area contributed by atoms with Gasteiger partial charge in [-0.25, -0.2) is 0 Å². The zero-order valence-corrected chi connectivity index (χ0v) is 26.6. The van der Waals surface area contributed by atoms with Crippen LogP contribution in [0.2, 0.25) is 0 Å². The highest BCUT2D eigenvalue weighted by Gasteiger charge is 2.57. The van der Waals surface area contributed by atoms with Gasteiger partial charge in [0.1, 0.15) is 29.2 Å². The van der Waals surface area contributed by atoms with Gasteiger partial charge in [0, 0.05) is 11.0 Å². The standard InChI is InChI=1S/C28H40N8O6S2/c1-15(20-8-6-16-13-17(7-9-21(16)40-20)24(29)32-18-5-4-11-31-12-10-18)41-35-22(19-14-43-27(30)33-19)25(37)34-23-26(38)36(42-44-39)28(23,2)3/h7,9,13-15,18,20,23,27,31,33,39H,4-6,8,10-12,30H2,1-3H3,(H2,29,32)(H,34,37)/b35-22-. The number of fused-ring (bicyclic) bond motifs is 1. The fourth-order valence-corrected chi connectivity index (χ4v) is 6.55. The molecule has 16 heteroatoms. The van der Waals surface area contributed by atoms with E-state index in [0.717, 1.165) is 60.7 Å². The molecule has 4 aliphatic heterocycles. The summed E-state index contributed by atoms with van der Waals surface area (Å²) in [6.07, 6.45) is 3.70. The van der Waals surface area contributed by atoms with Crippen molar-refractivity contribution in [2.24, 2.45) is 21.6 Å². The number of nitrogens with one attached hydrogen (secondary N) is 3. The Hall–Kier alpha value is -3.02. The highest BCUT2D eigenvalue weighted by atomic mass is 32.2. The highest BCUT2D eigenvalue weighted by molar-refractivity contribution is 8.02. The Kier molecular flexibility index (Phi) is 10.3. The van der Waals surface area contributed by atoms with Gasteiger partial charge in [-0.1, -0.05) is 16.9 Å². The number of aryl methyl sites for hydroxylation is 1. The molecule has 14 nitrogen and oxygen atoms in total. The summed E-state index contributed by atoms with van der Waals surface area (Å²) in [6, 6.07) is 5.20. The topological polar surface area (TPSA) is 198 Å². The molecule has 2 fully saturated rings. The van der Waals surface area contributed by atoms with E-state index in [0.29, 0.717) is 18.0 Å². The predicted octanol–water partition coefficient (Wildman–Crippen LogP) is 1.57. The van der Waals surface area contributed by atoms with Crippen molar-refractivity contribution < 1.29 is 28.0 Å². The maximum Gasteiger partial charge on any atom is 0.276 e. The minimum atomic E-state index is -0.906. The first-order valence-corrected chi connectivity index (χ1v) is 16.3. The number of oxime groups is 1. The average Bonchev–Trinajstić information content (AvgIpc) is 3.27. The fraction of sp³-hybridized carbons (Fsp3) is 0.571. The van der Waals surface area contributed by atoms with E-state index in [2.05, 4.69) is 21.1 Å². The van der Waals surface area contributed by atoms with Gasteiger partial charge < -0.3 is 41.5 Å². The Bertz CT molecular complexity index is 1330. The van der Waals surface area contributed by atoms with E-state index < -0.39 is 35.0 Å². The maximum absolute atomic E-state index is 13.3. The molecule has 0 spiro atoms. The molecule has 0 aromatic heterocycles. The quantitative estimate of drug-likeness (QED) is 0.0705. The van der Waals surface area contributed by atoms with Crippen LogP contribution in [0, 0.1) is 0 Å². The molecule has 2 amide bonds. The molecule has 0 bridgehead atoms. The first kappa shape index (κ1) is 32.4. The summed E-state index contributed by atoms with van der Waals surface area (Å²) < 4.78 is 20.1. The number of thioether (sulfide) groups is 1. The van der Waals surface area contributed by atoms with Crippen molar-refractivity contribution in [3.63, 3.8) is 0 Å². The first-order valence-electron chi connectivity index (χ1n) is 14.7. The minimum absolute atomic E-state index is 0.0570. The zero-order valence-electron chi connectivity index (χ0n) is 24.9. The number of amides is 2. The van der Waals surface area contributed by atoms with Crippen LogP contribution in [0.4, 0.5) is 0 Å². The molecule has 44 heavy (non-hydrogen) atoms. The monoisotopic (exact) mass is 648 g/mol. The van der Waals surface area contributed by atoms with Crippen LogP contribution in [-0.4, -0.2) is 81.4 Å². The van der Waals surface area contributed by atoms with Gasteiger partial charge in [0.15, 0.2) is 24.1 Å². The number of ether oxygens (including phenoxy) is 1. The van der Waals surface area contributed by atoms with Gasteiger partial charge in [-0.05, 0) is 89.7 Å². The lowest BCUT2D eigenvalue weighted by Gasteiger charge is -2.50. The van der Waals surface area contributed by atoms with Gasteiger partial charge in [-0.2, -0.15) is 9.35 Å². The second-order valence-electron chi connectivity index (χ2n) is 11.7. The summed E-state index contributed by atoms with van der Waals surface area (Å²) in [7, 11) is 0. The predicted molar refractivity (Wildman–Crippen MR) is 169 cm³/mol. The molecular weight excluding hydrogens is 608 g/mol. The van der Waals surface area contributed by atoms with Crippen molar-refractivity contribution in [3.8, 4) is 5.75 Å². The minimum Gasteiger partial charge on any atom is -0.486 e. The molecule has 5 rings (SSSR count). The Morgan fingerprint density at radius 3 is 2.86 bits per heavy atom. The Labute approximate surface area is 265 Å². The van der Waals surface area contributed by atoms with E-state index in [4.69, 9.17) is 34.9 Å². The van der Waals surface area contributed by atoms with E-state index >= 15 is 0 Å². The smallest absolute Gasteiger partial charge is 0.276 e. The molecule has 2 saturated heterocycles. The number of nitrogens with zero attached hydrogens (tertiary/aromatic N) is 3. The first-order chi connectivity index (χ1) is 21.1. The van der Waals surface area contributed by atoms with Crippen LogP contribution in [0.25, 0.3) is 0 Å². The van der Waals surface area contributed by atoms with E-state index in [1.165, 1.54) is 11.8 Å². The summed E-state index contributed by atoms with van der Waals surface area (Å²) in [5.74, 6) is 0.154. The number of nitrogens with two attached hydrogens (primary N) is 2. The molecule has 240 valence electrons. The van der Waals surface area contributed by atoms with E-state index in [9.17, 15) is 9.59 Å². The number of rotatable bonds is 10. The number of hydroxylamine groups is 2. The lowest BCUT2D eigenvalue weighted by molar-refractivity contribution is -0.214. The van der Waals surface area contributed by atoms with Gasteiger partial charge in [-0.3, -0.25) is 14.6 Å². The molecule has 5 unspecified atom stereocenters. The molecule has 0 radical (unpaired) electrons. The SMILES string of the molecule is CC(O/N=C(\C(=O)NC1C(=O)N(OSO)C1(C)C)C1=CSC(N)N1)C1CCc2cc(C(N)=NC3CCCNCC3)ccc2O1. The number of amidine groups is 1. The Morgan fingerprint density at radius 2 is 2.14 bits per heavy atom. The van der Waals surface area contributed by atoms with Crippen molar-refractivity contribution in [2.75, 3.05) is 13.1 Å². The van der Waals surface area contributed by atoms with Crippen molar-refractivity contribution in [1.29, 1.82) is 0 Å². The van der Waals surface area contributed by atoms with Gasteiger partial charge in [0.25, 0.3) is 11.8 Å². The van der Waals surface area contributed by atoms with Crippen LogP contribution in [0.3, 0.4) is 0 Å². The average molecular weight is 649 g/mol. The number of carbonyl (C=O) groups is 2. The van der Waals surface area contributed by atoms with Crippen LogP contribution >= 0.6 is 24.1 Å². The number of hydrogen-bond donors (Lipinski definition) is 6. The molecule has 5 atom stereocenters. The number of hydrogen-bond acceptors (Lipinski definition) is 13. The van der Waals surface area contributed by atoms with Crippen LogP contribution in [0.1, 0.15) is 57.6 Å². The third-order valence-corrected chi connectivity index (χ3v) is 9.19. The van der Waals surface area contributed by atoms with Crippen LogP contribution in [0.5, 0.6) is 5.75 Å². The third kappa shape index (κ3) is 7.10. The summed E-state index contributed by atoms with van der Waals surface area (Å²) in [5.41, 5.74) is 13.2. The zero-order chi connectivity index (χ0) is 31.4. The summed E-state index contributed by atoms with van der Waals surface area (Å²) >= 11 is 1.34. The molecule has 1 aromatic carbocycles. The highest BCUT2D eigenvalue weighted by Crippen LogP contribution is 2.34. The van der Waals surface area contributed by atoms with Gasteiger partial charge in [0.05, 0.1) is 17.3 Å². The second kappa shape index (κ2) is 14.0. The van der Waals surface area contributed by atoms with Crippen molar-refractivity contribution >= 4 is 47.4 Å². The number of benzene rings is 1. The fourth-order valence-electron chi connectivity index (χ4n) is 5.56. The maximum atomic E-state index is 13.3. The summed E-state index contributed by atoms with van der Waals surface area (Å²) in [4.78, 5) is 36.5. The molecular formula is C28H40N8O6S2. The number of aliphatic imine (C=N–C) groups is 1. The largest absolute Gasteiger partial charge is 0.486 e. The van der Waals surface area contributed by atoms with Crippen molar-refractivity contribution in [2.45, 2.75) is 88.2 Å². The summed E-state index contributed by atoms with van der Waals surface area (Å²) in [6.45, 7) is 7.19. The Balaban J connectivity index is 1.23. The number of carbonyl (C=O) groups excluding carboxylic acids is 2. The molecule has 1 aromatic rings. The van der Waals surface area contributed by atoms with E-state index in [-0.39, 0.29) is 30.2 Å². The molecule has 0 aliphatic carbocycles. The molecule has 0 saturated carbocycles. The van der Waals surface area contributed by atoms with Crippen LogP contribution in [-0.2, 0) is 25.1 Å². The Morgan fingerprint density at radius 1 is 1.32 bits per heavy atom. The lowest BCUT2D eigenvalue weighted by atomic mass is 9.84. The normalized spacial score (nSPS) is 27.6. The van der Waals surface area contributed by atoms with Crippen molar-refractivity contribution in [3.05, 3.63) is 40.4 Å². The number of β-lactam (4-membered cyclic amide) rings is 1. The second-order valence-corrected chi connectivity index (χ2v) is 13.0. The molecule has 4 aliphatic rings. The van der Waals surface area contributed by atoms with Gasteiger partial charge in [-0.15, -0.1) is 0 Å². The third-order valence-electron chi connectivity index (χ3n) is 8.19. The van der Waals surface area contributed by atoms with Gasteiger partial charge >= 0.3 is 0 Å².